The van der Waals surface area contributed by atoms with Crippen molar-refractivity contribution < 1.29 is 23.1 Å². The highest BCUT2D eigenvalue weighted by Gasteiger charge is 2.51. The summed E-state index contributed by atoms with van der Waals surface area (Å²) in [5, 5.41) is 2.70. The van der Waals surface area contributed by atoms with Gasteiger partial charge in [0.1, 0.15) is 28.7 Å². The molecule has 3 heterocycles. The van der Waals surface area contributed by atoms with Crippen LogP contribution in [0.5, 0.6) is 0 Å². The monoisotopic (exact) mass is 358 g/mol. The fourth-order valence-electron chi connectivity index (χ4n) is 2.88. The molecule has 0 radical (unpaired) electrons. The predicted molar refractivity (Wildman–Crippen MR) is 79.9 cm³/mol. The van der Waals surface area contributed by atoms with Crippen LogP contribution in [0.1, 0.15) is 9.67 Å². The first-order valence-corrected chi connectivity index (χ1v) is 7.89. The molecule has 4 rings (SSSR count). The van der Waals surface area contributed by atoms with Gasteiger partial charge in [0.25, 0.3) is 5.91 Å². The van der Waals surface area contributed by atoms with Crippen LogP contribution >= 0.6 is 22.9 Å². The van der Waals surface area contributed by atoms with Crippen molar-refractivity contribution in [3.63, 3.8) is 0 Å². The number of alkyl carbamates (subject to hydrolysis) is 1. The second-order valence-corrected chi connectivity index (χ2v) is 7.08. The maximum absolute atomic E-state index is 13.9. The van der Waals surface area contributed by atoms with Crippen molar-refractivity contribution in [2.24, 2.45) is 0 Å². The van der Waals surface area contributed by atoms with E-state index in [9.17, 15) is 18.4 Å². The van der Waals surface area contributed by atoms with E-state index in [0.29, 0.717) is 13.1 Å². The normalized spacial score (nSPS) is 18.9. The molecule has 2 aliphatic heterocycles. The minimum Gasteiger partial charge on any atom is -0.447 e. The van der Waals surface area contributed by atoms with Crippen molar-refractivity contribution in [3.05, 3.63) is 33.7 Å². The van der Waals surface area contributed by atoms with Crippen LogP contribution in [-0.4, -0.2) is 42.1 Å². The van der Waals surface area contributed by atoms with Gasteiger partial charge >= 0.3 is 6.09 Å². The lowest BCUT2D eigenvalue weighted by Gasteiger charge is -2.45. The predicted octanol–water partition coefficient (Wildman–Crippen LogP) is 2.77. The Labute approximate surface area is 137 Å². The number of carbonyl (C=O) groups excluding carboxylic acids is 2. The Hall–Kier alpha value is -1.93. The van der Waals surface area contributed by atoms with Gasteiger partial charge < -0.3 is 15.0 Å². The first-order valence-electron chi connectivity index (χ1n) is 6.70. The third-order valence-corrected chi connectivity index (χ3v) is 5.58. The molecule has 0 aliphatic carbocycles. The number of rotatable bonds is 1. The number of nitrogens with zero attached hydrogens (tertiary/aromatic N) is 1. The Kier molecular flexibility index (Phi) is 3.05. The van der Waals surface area contributed by atoms with Crippen molar-refractivity contribution in [2.75, 3.05) is 19.7 Å². The molecule has 0 bridgehead atoms. The first-order chi connectivity index (χ1) is 10.9. The quantitative estimate of drug-likeness (QED) is 0.852. The third-order valence-electron chi connectivity index (χ3n) is 3.96. The van der Waals surface area contributed by atoms with E-state index >= 15 is 0 Å². The van der Waals surface area contributed by atoms with Gasteiger partial charge in [0.05, 0.1) is 5.02 Å². The van der Waals surface area contributed by atoms with Gasteiger partial charge in [-0.2, -0.15) is 0 Å². The highest BCUT2D eigenvalue weighted by Crippen LogP contribution is 2.39. The van der Waals surface area contributed by atoms with Gasteiger partial charge in [-0.25, -0.2) is 13.6 Å². The molecule has 1 spiro atoms. The Bertz CT molecular complexity index is 863. The van der Waals surface area contributed by atoms with Crippen LogP contribution in [0.2, 0.25) is 5.02 Å². The zero-order chi connectivity index (χ0) is 16.4. The number of fused-ring (bicyclic) bond motifs is 1. The molecule has 2 fully saturated rings. The Morgan fingerprint density at radius 2 is 2.13 bits per heavy atom. The number of ether oxygens (including phenoxy) is 1. The molecule has 2 saturated heterocycles. The Balaban J connectivity index is 1.63. The molecular weight excluding hydrogens is 350 g/mol. The van der Waals surface area contributed by atoms with Gasteiger partial charge in [-0.15, -0.1) is 11.3 Å². The summed E-state index contributed by atoms with van der Waals surface area (Å²) in [6.45, 7) is 0.785. The largest absolute Gasteiger partial charge is 0.447 e. The van der Waals surface area contributed by atoms with Gasteiger partial charge in [-0.1, -0.05) is 11.6 Å². The molecule has 2 aromatic rings. The fraction of sp³-hybridized carbons (Fsp3) is 0.286. The van der Waals surface area contributed by atoms with Crippen LogP contribution in [0, 0.1) is 11.6 Å². The number of halogens is 3. The van der Waals surface area contributed by atoms with Crippen LogP contribution in [-0.2, 0) is 4.74 Å². The number of amides is 2. The summed E-state index contributed by atoms with van der Waals surface area (Å²) in [4.78, 5) is 25.3. The second kappa shape index (κ2) is 4.78. The number of cyclic esters (lactones) is 1. The van der Waals surface area contributed by atoms with E-state index in [1.165, 1.54) is 4.90 Å². The third kappa shape index (κ3) is 2.16. The van der Waals surface area contributed by atoms with Crippen LogP contribution < -0.4 is 5.32 Å². The number of nitrogens with one attached hydrogen (secondary N) is 1. The molecule has 1 aromatic heterocycles. The van der Waals surface area contributed by atoms with E-state index in [-0.39, 0.29) is 32.5 Å². The van der Waals surface area contributed by atoms with E-state index < -0.39 is 23.3 Å². The molecule has 2 aliphatic rings. The average Bonchev–Trinajstić information content (AvgIpc) is 2.97. The first kappa shape index (κ1) is 14.6. The number of benzene rings is 1. The molecule has 1 aromatic carbocycles. The summed E-state index contributed by atoms with van der Waals surface area (Å²) in [6, 6.07) is 1.88. The summed E-state index contributed by atoms with van der Waals surface area (Å²) in [5.41, 5.74) is -0.548. The molecule has 120 valence electrons. The second-order valence-electron chi connectivity index (χ2n) is 5.65. The number of hydrogen-bond acceptors (Lipinski definition) is 4. The molecule has 0 atom stereocenters. The van der Waals surface area contributed by atoms with E-state index in [0.717, 1.165) is 23.5 Å². The average molecular weight is 359 g/mol. The van der Waals surface area contributed by atoms with E-state index in [4.69, 9.17) is 16.3 Å². The molecule has 1 N–H and O–H groups in total. The molecule has 23 heavy (non-hydrogen) atoms. The minimum absolute atomic E-state index is 0.0137. The number of hydrogen-bond donors (Lipinski definition) is 1. The van der Waals surface area contributed by atoms with Crippen LogP contribution in [0.15, 0.2) is 12.1 Å². The maximum atomic E-state index is 13.9. The van der Waals surface area contributed by atoms with Crippen LogP contribution in [0.3, 0.4) is 0 Å². The summed E-state index contributed by atoms with van der Waals surface area (Å²) in [5.74, 6) is -1.89. The van der Waals surface area contributed by atoms with Gasteiger partial charge in [-0.3, -0.25) is 4.79 Å². The number of likely N-dealkylation sites (tertiary alicyclic amines) is 1. The summed E-state index contributed by atoms with van der Waals surface area (Å²) >= 11 is 7.06. The van der Waals surface area contributed by atoms with Crippen molar-refractivity contribution in [3.8, 4) is 0 Å². The zero-order valence-electron chi connectivity index (χ0n) is 11.5. The van der Waals surface area contributed by atoms with Crippen LogP contribution in [0.25, 0.3) is 10.1 Å². The highest BCUT2D eigenvalue weighted by atomic mass is 35.5. The molecular formula is C14H9ClF2N2O3S. The maximum Gasteiger partial charge on any atom is 0.407 e. The smallest absolute Gasteiger partial charge is 0.407 e. The lowest BCUT2D eigenvalue weighted by atomic mass is 9.91. The molecule has 0 saturated carbocycles. The summed E-state index contributed by atoms with van der Waals surface area (Å²) in [7, 11) is 0. The number of thiophene rings is 1. The lowest BCUT2D eigenvalue weighted by Crippen LogP contribution is -2.69. The topological polar surface area (TPSA) is 58.6 Å². The standard InChI is InChI=1S/C14H9ClF2N2O3S/c15-10-9-7(17)1-6(16)2-8(9)23-11(10)12(20)19-3-14(4-19)5-22-13(21)18-14/h1-2H,3-5H2,(H,18,21). The zero-order valence-corrected chi connectivity index (χ0v) is 13.1. The lowest BCUT2D eigenvalue weighted by molar-refractivity contribution is 0.0322. The van der Waals surface area contributed by atoms with Crippen molar-refractivity contribution in [1.82, 2.24) is 10.2 Å². The SMILES string of the molecule is O=C1NC2(CO1)CN(C(=O)c1sc3cc(F)cc(F)c3c1Cl)C2. The number of carbonyl (C=O) groups is 2. The fourth-order valence-corrected chi connectivity index (χ4v) is 4.43. The summed E-state index contributed by atoms with van der Waals surface area (Å²) < 4.78 is 32.3. The van der Waals surface area contributed by atoms with E-state index in [2.05, 4.69) is 5.32 Å². The van der Waals surface area contributed by atoms with Crippen molar-refractivity contribution in [2.45, 2.75) is 5.54 Å². The van der Waals surface area contributed by atoms with Gasteiger partial charge in [0, 0.05) is 29.2 Å². The Morgan fingerprint density at radius 1 is 1.39 bits per heavy atom. The highest BCUT2D eigenvalue weighted by molar-refractivity contribution is 7.21. The van der Waals surface area contributed by atoms with Crippen LogP contribution in [0.4, 0.5) is 13.6 Å². The Morgan fingerprint density at radius 3 is 2.78 bits per heavy atom. The van der Waals surface area contributed by atoms with Crippen molar-refractivity contribution >= 4 is 45.0 Å². The van der Waals surface area contributed by atoms with Crippen molar-refractivity contribution in [1.29, 1.82) is 0 Å². The van der Waals surface area contributed by atoms with E-state index in [1.54, 1.807) is 0 Å². The summed E-state index contributed by atoms with van der Waals surface area (Å²) in [6.07, 6.45) is -0.505. The molecule has 2 amide bonds. The molecule has 9 heteroatoms. The molecule has 0 unspecified atom stereocenters. The van der Waals surface area contributed by atoms with Gasteiger partial charge in [0.15, 0.2) is 0 Å². The van der Waals surface area contributed by atoms with E-state index in [1.807, 2.05) is 0 Å². The molecule has 5 nitrogen and oxygen atoms in total. The van der Waals surface area contributed by atoms with Gasteiger partial charge in [0.2, 0.25) is 0 Å². The minimum atomic E-state index is -0.795. The van der Waals surface area contributed by atoms with Gasteiger partial charge in [-0.05, 0) is 6.07 Å².